The molecule has 1 unspecified atom stereocenters. The lowest BCUT2D eigenvalue weighted by Crippen LogP contribution is -2.25. The maximum atomic E-state index is 13.4. The number of halogens is 2. The molecule has 1 atom stereocenters. The first-order valence-electron chi connectivity index (χ1n) is 7.13. The van der Waals surface area contributed by atoms with Crippen LogP contribution in [0.2, 0.25) is 0 Å². The highest BCUT2D eigenvalue weighted by atomic mass is 32.2. The number of fused-ring (bicyclic) bond motifs is 1. The minimum Gasteiger partial charge on any atom is -0.369 e. The van der Waals surface area contributed by atoms with Gasteiger partial charge in [-0.15, -0.1) is 10.2 Å². The van der Waals surface area contributed by atoms with Crippen LogP contribution in [0.25, 0.3) is 17.0 Å². The summed E-state index contributed by atoms with van der Waals surface area (Å²) < 4.78 is 28.0. The molecule has 0 aliphatic heterocycles. The van der Waals surface area contributed by atoms with Crippen LogP contribution in [-0.2, 0) is 4.79 Å². The van der Waals surface area contributed by atoms with Crippen molar-refractivity contribution in [3.05, 3.63) is 42.0 Å². The third-order valence-electron chi connectivity index (χ3n) is 3.37. The number of thioether (sulfide) groups is 1. The van der Waals surface area contributed by atoms with Crippen molar-refractivity contribution in [2.24, 2.45) is 5.73 Å². The maximum Gasteiger partial charge on any atom is 0.230 e. The Kier molecular flexibility index (Phi) is 4.43. The maximum absolute atomic E-state index is 13.4. The van der Waals surface area contributed by atoms with Gasteiger partial charge in [-0.3, -0.25) is 4.79 Å². The Bertz CT molecular complexity index is 914. The molecule has 124 valence electrons. The summed E-state index contributed by atoms with van der Waals surface area (Å²) in [5, 5.41) is 12.4. The van der Waals surface area contributed by atoms with Crippen molar-refractivity contribution in [2.75, 3.05) is 0 Å². The molecular weight excluding hydrogens is 336 g/mol. The van der Waals surface area contributed by atoms with E-state index >= 15 is 0 Å². The van der Waals surface area contributed by atoms with E-state index in [0.717, 1.165) is 12.1 Å². The summed E-state index contributed by atoms with van der Waals surface area (Å²) in [6.07, 6.45) is 0.567. The van der Waals surface area contributed by atoms with Crippen LogP contribution in [0.3, 0.4) is 0 Å². The molecule has 0 radical (unpaired) electrons. The lowest BCUT2D eigenvalue weighted by molar-refractivity contribution is -0.117. The zero-order valence-corrected chi connectivity index (χ0v) is 13.4. The molecule has 0 aliphatic carbocycles. The molecule has 24 heavy (non-hydrogen) atoms. The molecule has 1 amide bonds. The van der Waals surface area contributed by atoms with Crippen LogP contribution in [0.15, 0.2) is 35.4 Å². The van der Waals surface area contributed by atoms with Crippen molar-refractivity contribution in [1.82, 2.24) is 19.8 Å². The Balaban J connectivity index is 2.02. The molecule has 1 aromatic carbocycles. The van der Waals surface area contributed by atoms with E-state index in [1.165, 1.54) is 22.3 Å². The molecule has 2 heterocycles. The molecule has 3 rings (SSSR count). The molecule has 6 nitrogen and oxygen atoms in total. The molecule has 0 saturated heterocycles. The van der Waals surface area contributed by atoms with Gasteiger partial charge >= 0.3 is 0 Å². The smallest absolute Gasteiger partial charge is 0.230 e. The first kappa shape index (κ1) is 16.3. The van der Waals surface area contributed by atoms with Gasteiger partial charge in [0.2, 0.25) is 5.91 Å². The summed E-state index contributed by atoms with van der Waals surface area (Å²) in [5.74, 6) is -2.06. The number of hydrogen-bond acceptors (Lipinski definition) is 5. The number of amides is 1. The quantitative estimate of drug-likeness (QED) is 0.715. The zero-order chi connectivity index (χ0) is 17.3. The summed E-state index contributed by atoms with van der Waals surface area (Å²) >= 11 is 1.23. The second-order valence-corrected chi connectivity index (χ2v) is 6.23. The molecule has 0 saturated carbocycles. The van der Waals surface area contributed by atoms with E-state index in [9.17, 15) is 13.6 Å². The molecule has 2 aromatic heterocycles. The average Bonchev–Trinajstić information content (AvgIpc) is 2.98. The van der Waals surface area contributed by atoms with Gasteiger partial charge in [0.15, 0.2) is 23.1 Å². The van der Waals surface area contributed by atoms with Crippen LogP contribution >= 0.6 is 11.8 Å². The topological polar surface area (TPSA) is 86.2 Å². The SMILES string of the molecule is CCC(Sc1ccc2nnc(-c3ccc(F)c(F)c3)n2n1)C(N)=O. The van der Waals surface area contributed by atoms with Crippen LogP contribution in [0.5, 0.6) is 0 Å². The predicted octanol–water partition coefficient (Wildman–Crippen LogP) is 2.43. The lowest BCUT2D eigenvalue weighted by atomic mass is 10.2. The van der Waals surface area contributed by atoms with E-state index in [0.29, 0.717) is 22.7 Å². The fourth-order valence-electron chi connectivity index (χ4n) is 2.14. The first-order valence-corrected chi connectivity index (χ1v) is 8.01. The number of carbonyl (C=O) groups is 1. The summed E-state index contributed by atoms with van der Waals surface area (Å²) in [6, 6.07) is 6.83. The van der Waals surface area contributed by atoms with Crippen LogP contribution in [0, 0.1) is 11.6 Å². The normalized spacial score (nSPS) is 12.5. The van der Waals surface area contributed by atoms with Crippen LogP contribution in [0.1, 0.15) is 13.3 Å². The van der Waals surface area contributed by atoms with Crippen LogP contribution in [0.4, 0.5) is 8.78 Å². The number of hydrogen-bond donors (Lipinski definition) is 1. The first-order chi connectivity index (χ1) is 11.5. The van der Waals surface area contributed by atoms with Gasteiger partial charge in [0.25, 0.3) is 0 Å². The predicted molar refractivity (Wildman–Crippen MR) is 85.3 cm³/mol. The molecule has 0 bridgehead atoms. The summed E-state index contributed by atoms with van der Waals surface area (Å²) in [4.78, 5) is 11.4. The van der Waals surface area contributed by atoms with Gasteiger partial charge in [-0.25, -0.2) is 8.78 Å². The number of rotatable bonds is 5. The molecule has 0 aliphatic rings. The average molecular weight is 349 g/mol. The lowest BCUT2D eigenvalue weighted by Gasteiger charge is -2.09. The van der Waals surface area contributed by atoms with Gasteiger partial charge in [-0.1, -0.05) is 18.7 Å². The number of benzene rings is 1. The number of primary amides is 1. The molecule has 0 fully saturated rings. The highest BCUT2D eigenvalue weighted by Crippen LogP contribution is 2.25. The summed E-state index contributed by atoms with van der Waals surface area (Å²) in [7, 11) is 0. The largest absolute Gasteiger partial charge is 0.369 e. The monoisotopic (exact) mass is 349 g/mol. The Hall–Kier alpha value is -2.55. The Morgan fingerprint density at radius 2 is 2.04 bits per heavy atom. The molecule has 9 heteroatoms. The molecular formula is C15H13F2N5OS. The number of nitrogens with two attached hydrogens (primary N) is 1. The van der Waals surface area contributed by atoms with Gasteiger partial charge < -0.3 is 5.73 Å². The van der Waals surface area contributed by atoms with Crippen molar-refractivity contribution in [3.8, 4) is 11.4 Å². The zero-order valence-electron chi connectivity index (χ0n) is 12.6. The number of aromatic nitrogens is 4. The summed E-state index contributed by atoms with van der Waals surface area (Å²) in [6.45, 7) is 1.85. The van der Waals surface area contributed by atoms with Gasteiger partial charge in [-0.05, 0) is 36.8 Å². The van der Waals surface area contributed by atoms with Crippen LogP contribution < -0.4 is 5.73 Å². The second-order valence-electron chi connectivity index (χ2n) is 5.01. The molecule has 3 aromatic rings. The van der Waals surface area contributed by atoms with Crippen molar-refractivity contribution in [1.29, 1.82) is 0 Å². The van der Waals surface area contributed by atoms with Crippen molar-refractivity contribution in [2.45, 2.75) is 23.6 Å². The summed E-state index contributed by atoms with van der Waals surface area (Å²) in [5.41, 5.74) is 6.14. The van der Waals surface area contributed by atoms with Crippen LogP contribution in [-0.4, -0.2) is 31.0 Å². The fraction of sp³-hybridized carbons (Fsp3) is 0.200. The third kappa shape index (κ3) is 3.07. The molecule has 2 N–H and O–H groups in total. The van der Waals surface area contributed by atoms with Gasteiger partial charge in [0, 0.05) is 5.56 Å². The highest BCUT2D eigenvalue weighted by Gasteiger charge is 2.17. The molecule has 0 spiro atoms. The Morgan fingerprint density at radius 1 is 1.25 bits per heavy atom. The number of carbonyl (C=O) groups excluding carboxylic acids is 1. The second kappa shape index (κ2) is 6.52. The van der Waals surface area contributed by atoms with E-state index in [1.807, 2.05) is 6.92 Å². The van der Waals surface area contributed by atoms with E-state index in [4.69, 9.17) is 5.73 Å². The minimum absolute atomic E-state index is 0.276. The van der Waals surface area contributed by atoms with Gasteiger partial charge in [0.05, 0.1) is 5.25 Å². The highest BCUT2D eigenvalue weighted by molar-refractivity contribution is 8.00. The van der Waals surface area contributed by atoms with E-state index in [-0.39, 0.29) is 5.82 Å². The Morgan fingerprint density at radius 3 is 2.71 bits per heavy atom. The van der Waals surface area contributed by atoms with Gasteiger partial charge in [-0.2, -0.15) is 9.61 Å². The van der Waals surface area contributed by atoms with Crippen molar-refractivity contribution in [3.63, 3.8) is 0 Å². The standard InChI is InChI=1S/C15H13F2N5OS/c1-2-11(14(18)23)24-13-6-5-12-19-20-15(22(12)21-13)8-3-4-9(16)10(17)7-8/h3-7,11H,2H2,1H3,(H2,18,23). The number of nitrogens with zero attached hydrogens (tertiary/aromatic N) is 4. The Labute approximate surface area is 140 Å². The van der Waals surface area contributed by atoms with Gasteiger partial charge in [0.1, 0.15) is 5.03 Å². The van der Waals surface area contributed by atoms with E-state index < -0.39 is 22.8 Å². The van der Waals surface area contributed by atoms with E-state index in [1.54, 1.807) is 12.1 Å². The van der Waals surface area contributed by atoms with E-state index in [2.05, 4.69) is 15.3 Å². The fourth-order valence-corrected chi connectivity index (χ4v) is 2.99. The minimum atomic E-state index is -0.977. The third-order valence-corrected chi connectivity index (χ3v) is 4.68. The van der Waals surface area contributed by atoms with Crippen molar-refractivity contribution >= 4 is 23.3 Å². The van der Waals surface area contributed by atoms with Crippen molar-refractivity contribution < 1.29 is 13.6 Å².